The van der Waals surface area contributed by atoms with Crippen molar-refractivity contribution in [1.82, 2.24) is 4.98 Å². The molecule has 0 N–H and O–H groups in total. The van der Waals surface area contributed by atoms with Crippen LogP contribution in [0.2, 0.25) is 0 Å². The van der Waals surface area contributed by atoms with Gasteiger partial charge in [-0.15, -0.1) is 0 Å². The summed E-state index contributed by atoms with van der Waals surface area (Å²) in [4.78, 5) is 19.8. The molecule has 0 spiro atoms. The predicted octanol–water partition coefficient (Wildman–Crippen LogP) is 4.76. The van der Waals surface area contributed by atoms with E-state index in [1.807, 2.05) is 24.3 Å². The van der Waals surface area contributed by atoms with Crippen molar-refractivity contribution in [3.63, 3.8) is 0 Å². The molecule has 8 heteroatoms. The van der Waals surface area contributed by atoms with Crippen molar-refractivity contribution in [3.8, 4) is 17.2 Å². The molecule has 0 fully saturated rings. The van der Waals surface area contributed by atoms with Gasteiger partial charge in [0.25, 0.3) is 5.91 Å². The molecule has 1 amide bonds. The van der Waals surface area contributed by atoms with Gasteiger partial charge in [-0.2, -0.15) is 0 Å². The van der Waals surface area contributed by atoms with Gasteiger partial charge in [0.1, 0.15) is 23.0 Å². The van der Waals surface area contributed by atoms with Gasteiger partial charge in [0.2, 0.25) is 0 Å². The van der Waals surface area contributed by atoms with E-state index in [4.69, 9.17) is 18.6 Å². The summed E-state index contributed by atoms with van der Waals surface area (Å²) in [7, 11) is 4.71. The molecule has 2 aromatic heterocycles. The van der Waals surface area contributed by atoms with E-state index >= 15 is 0 Å². The van der Waals surface area contributed by atoms with Crippen LogP contribution in [0.25, 0.3) is 10.2 Å². The van der Waals surface area contributed by atoms with Gasteiger partial charge >= 0.3 is 0 Å². The van der Waals surface area contributed by atoms with Gasteiger partial charge in [-0.25, -0.2) is 4.98 Å². The van der Waals surface area contributed by atoms with E-state index in [0.717, 1.165) is 16.0 Å². The minimum Gasteiger partial charge on any atom is -0.497 e. The van der Waals surface area contributed by atoms with E-state index < -0.39 is 0 Å². The lowest BCUT2D eigenvalue weighted by atomic mass is 10.1. The summed E-state index contributed by atoms with van der Waals surface area (Å²) in [5.41, 5.74) is 1.21. The van der Waals surface area contributed by atoms with Gasteiger partial charge in [-0.1, -0.05) is 11.3 Å². The zero-order chi connectivity index (χ0) is 21.1. The topological polar surface area (TPSA) is 74.0 Å². The Hall–Kier alpha value is -3.52. The number of nitrogens with zero attached hydrogens (tertiary/aromatic N) is 2. The predicted molar refractivity (Wildman–Crippen MR) is 115 cm³/mol. The Labute approximate surface area is 177 Å². The average molecular weight is 424 g/mol. The zero-order valence-corrected chi connectivity index (χ0v) is 17.6. The summed E-state index contributed by atoms with van der Waals surface area (Å²) in [5, 5.41) is 0.557. The third-order valence-corrected chi connectivity index (χ3v) is 5.59. The highest BCUT2D eigenvalue weighted by molar-refractivity contribution is 7.22. The zero-order valence-electron chi connectivity index (χ0n) is 16.7. The van der Waals surface area contributed by atoms with Gasteiger partial charge in [0.05, 0.1) is 44.4 Å². The molecule has 4 rings (SSSR count). The molecule has 0 aliphatic carbocycles. The smallest absolute Gasteiger partial charge is 0.260 e. The number of anilines is 1. The normalized spacial score (nSPS) is 10.8. The maximum absolute atomic E-state index is 13.5. The molecule has 0 aliphatic rings. The highest BCUT2D eigenvalue weighted by atomic mass is 32.1. The van der Waals surface area contributed by atoms with Crippen LogP contribution in [0.15, 0.2) is 59.2 Å². The van der Waals surface area contributed by atoms with Crippen LogP contribution in [0, 0.1) is 0 Å². The number of methoxy groups -OCH3 is 3. The Kier molecular flexibility index (Phi) is 5.58. The van der Waals surface area contributed by atoms with E-state index in [1.165, 1.54) is 11.3 Å². The van der Waals surface area contributed by atoms with Gasteiger partial charge in [0.15, 0.2) is 5.13 Å². The minimum atomic E-state index is -0.241. The molecule has 7 nitrogen and oxygen atoms in total. The average Bonchev–Trinajstić information content (AvgIpc) is 3.45. The van der Waals surface area contributed by atoms with Crippen LogP contribution in [0.1, 0.15) is 16.1 Å². The minimum absolute atomic E-state index is 0.238. The van der Waals surface area contributed by atoms with Crippen molar-refractivity contribution < 1.29 is 23.4 Å². The van der Waals surface area contributed by atoms with Crippen molar-refractivity contribution in [1.29, 1.82) is 0 Å². The first-order chi connectivity index (χ1) is 14.6. The fraction of sp³-hybridized carbons (Fsp3) is 0.182. The van der Waals surface area contributed by atoms with Crippen molar-refractivity contribution in [2.75, 3.05) is 26.2 Å². The number of thiazole rings is 1. The maximum atomic E-state index is 13.5. The molecule has 4 aromatic rings. The molecule has 2 heterocycles. The Morgan fingerprint density at radius 1 is 1.00 bits per heavy atom. The lowest BCUT2D eigenvalue weighted by molar-refractivity contribution is 0.0982. The number of carbonyl (C=O) groups is 1. The van der Waals surface area contributed by atoms with E-state index in [0.29, 0.717) is 28.0 Å². The van der Waals surface area contributed by atoms with Crippen LogP contribution in [0.4, 0.5) is 5.13 Å². The van der Waals surface area contributed by atoms with E-state index in [1.54, 1.807) is 56.8 Å². The van der Waals surface area contributed by atoms with Gasteiger partial charge in [-0.05, 0) is 42.5 Å². The maximum Gasteiger partial charge on any atom is 0.260 e. The molecule has 0 atom stereocenters. The molecular weight excluding hydrogens is 404 g/mol. The first kappa shape index (κ1) is 19.8. The number of benzene rings is 2. The van der Waals surface area contributed by atoms with Crippen molar-refractivity contribution in [2.45, 2.75) is 6.54 Å². The summed E-state index contributed by atoms with van der Waals surface area (Å²) in [6.07, 6.45) is 1.58. The van der Waals surface area contributed by atoms with Crippen LogP contribution in [-0.2, 0) is 6.54 Å². The number of fused-ring (bicyclic) bond motifs is 1. The van der Waals surface area contributed by atoms with E-state index in [-0.39, 0.29) is 12.5 Å². The van der Waals surface area contributed by atoms with Gasteiger partial charge in [-0.3, -0.25) is 9.69 Å². The number of rotatable bonds is 7. The SMILES string of the molecule is COc1cc(OC)cc(C(=O)N(Cc2ccco2)c2nc3ccc(OC)cc3s2)c1. The van der Waals surface area contributed by atoms with Crippen molar-refractivity contribution in [3.05, 3.63) is 66.1 Å². The second kappa shape index (κ2) is 8.46. The molecule has 0 unspecified atom stereocenters. The highest BCUT2D eigenvalue weighted by Crippen LogP contribution is 2.34. The Morgan fingerprint density at radius 2 is 1.73 bits per heavy atom. The first-order valence-electron chi connectivity index (χ1n) is 9.13. The summed E-state index contributed by atoms with van der Waals surface area (Å²) in [5.74, 6) is 2.21. The number of carbonyl (C=O) groups excluding carboxylic acids is 1. The van der Waals surface area contributed by atoms with Gasteiger partial charge < -0.3 is 18.6 Å². The summed E-state index contributed by atoms with van der Waals surface area (Å²) in [6.45, 7) is 0.238. The molecule has 0 aliphatic heterocycles. The largest absolute Gasteiger partial charge is 0.497 e. The van der Waals surface area contributed by atoms with E-state index in [2.05, 4.69) is 4.98 Å². The first-order valence-corrected chi connectivity index (χ1v) is 9.95. The Morgan fingerprint density at radius 3 is 2.37 bits per heavy atom. The van der Waals surface area contributed by atoms with Crippen molar-refractivity contribution in [2.24, 2.45) is 0 Å². The summed E-state index contributed by atoms with van der Waals surface area (Å²) >= 11 is 1.41. The number of furan rings is 1. The second-order valence-corrected chi connectivity index (χ2v) is 7.41. The molecule has 0 saturated carbocycles. The standard InChI is InChI=1S/C22H20N2O5S/c1-26-15-6-7-19-20(12-15)30-22(23-19)24(13-16-5-4-8-29-16)21(25)14-9-17(27-2)11-18(10-14)28-3/h4-12H,13H2,1-3H3. The highest BCUT2D eigenvalue weighted by Gasteiger charge is 2.24. The lowest BCUT2D eigenvalue weighted by Gasteiger charge is -2.19. The van der Waals surface area contributed by atoms with Crippen LogP contribution in [0.3, 0.4) is 0 Å². The number of hydrogen-bond donors (Lipinski definition) is 0. The number of hydrogen-bond acceptors (Lipinski definition) is 7. The van der Waals surface area contributed by atoms with Crippen LogP contribution in [-0.4, -0.2) is 32.2 Å². The third-order valence-electron chi connectivity index (χ3n) is 4.55. The molecule has 2 aromatic carbocycles. The number of aromatic nitrogens is 1. The molecule has 30 heavy (non-hydrogen) atoms. The third kappa shape index (κ3) is 3.95. The fourth-order valence-corrected chi connectivity index (χ4v) is 4.00. The van der Waals surface area contributed by atoms with E-state index in [9.17, 15) is 4.79 Å². The lowest BCUT2D eigenvalue weighted by Crippen LogP contribution is -2.30. The van der Waals surface area contributed by atoms with Crippen LogP contribution >= 0.6 is 11.3 Å². The monoisotopic (exact) mass is 424 g/mol. The number of ether oxygens (including phenoxy) is 3. The van der Waals surface area contributed by atoms with Gasteiger partial charge in [0, 0.05) is 11.6 Å². The molecular formula is C22H20N2O5S. The molecule has 0 saturated heterocycles. The molecule has 0 bridgehead atoms. The van der Waals surface area contributed by atoms with Crippen molar-refractivity contribution >= 4 is 32.6 Å². The number of amides is 1. The van der Waals surface area contributed by atoms with Crippen LogP contribution < -0.4 is 19.1 Å². The quantitative estimate of drug-likeness (QED) is 0.426. The molecule has 0 radical (unpaired) electrons. The Bertz CT molecular complexity index is 1150. The Balaban J connectivity index is 1.77. The summed E-state index contributed by atoms with van der Waals surface area (Å²) < 4.78 is 22.3. The summed E-state index contributed by atoms with van der Waals surface area (Å²) in [6, 6.07) is 14.3. The second-order valence-electron chi connectivity index (χ2n) is 6.40. The van der Waals surface area contributed by atoms with Crippen LogP contribution in [0.5, 0.6) is 17.2 Å². The fourth-order valence-electron chi connectivity index (χ4n) is 3.01. The molecule has 154 valence electrons.